The summed E-state index contributed by atoms with van der Waals surface area (Å²) >= 11 is 0. The summed E-state index contributed by atoms with van der Waals surface area (Å²) in [7, 11) is -3.67. The Morgan fingerprint density at radius 2 is 1.46 bits per heavy atom. The number of hydrogen-bond donors (Lipinski definition) is 2. The minimum absolute atomic E-state index is 0. The molecule has 1 heterocycles. The van der Waals surface area contributed by atoms with Crippen LogP contribution >= 0.6 is 24.8 Å². The van der Waals surface area contributed by atoms with E-state index in [2.05, 4.69) is 4.90 Å². The van der Waals surface area contributed by atoms with E-state index in [1.165, 1.54) is 12.1 Å². The molecule has 0 unspecified atom stereocenters. The van der Waals surface area contributed by atoms with Crippen molar-refractivity contribution in [1.29, 1.82) is 0 Å². The molecule has 4 N–H and O–H groups in total. The Labute approximate surface area is 166 Å². The number of anilines is 1. The Morgan fingerprint density at radius 3 is 1.92 bits per heavy atom. The molecule has 1 aromatic rings. The van der Waals surface area contributed by atoms with Gasteiger partial charge in [-0.1, -0.05) is 12.8 Å². The second-order valence-corrected chi connectivity index (χ2v) is 8.24. The number of nitrogens with two attached hydrogens (primary N) is 2. The number of nitrogens with zero attached hydrogens (tertiary/aromatic N) is 2. The summed E-state index contributed by atoms with van der Waals surface area (Å²) in [5, 5.41) is 5.11. The second-order valence-electron chi connectivity index (χ2n) is 6.68. The van der Waals surface area contributed by atoms with Gasteiger partial charge < -0.3 is 15.5 Å². The Kier molecular flexibility index (Phi) is 7.74. The fourth-order valence-electron chi connectivity index (χ4n) is 3.55. The predicted octanol–water partition coefficient (Wildman–Crippen LogP) is 1.10. The summed E-state index contributed by atoms with van der Waals surface area (Å²) in [6, 6.07) is 6.52. The summed E-state index contributed by atoms with van der Waals surface area (Å²) in [6.07, 6.45) is 3.61. The molecule has 2 aliphatic rings. The van der Waals surface area contributed by atoms with Crippen LogP contribution in [0.5, 0.6) is 0 Å². The molecule has 0 atom stereocenters. The van der Waals surface area contributed by atoms with Gasteiger partial charge in [0.05, 0.1) is 10.4 Å². The van der Waals surface area contributed by atoms with Gasteiger partial charge in [0.25, 0.3) is 0 Å². The van der Waals surface area contributed by atoms with Crippen LogP contribution in [0.25, 0.3) is 0 Å². The number of rotatable bonds is 3. The maximum atomic E-state index is 12.6. The zero-order valence-corrected chi connectivity index (χ0v) is 16.9. The van der Waals surface area contributed by atoms with Crippen LogP contribution in [0.2, 0.25) is 0 Å². The molecule has 1 aliphatic carbocycles. The average Bonchev–Trinajstić information content (AvgIpc) is 3.02. The molecule has 1 saturated carbocycles. The number of primary sulfonamides is 1. The topological polar surface area (TPSA) is 110 Å². The van der Waals surface area contributed by atoms with Gasteiger partial charge in [-0.3, -0.25) is 4.79 Å². The van der Waals surface area contributed by atoms with Crippen molar-refractivity contribution in [1.82, 2.24) is 4.90 Å². The Hall–Kier alpha value is -1.06. The first kappa shape index (κ1) is 23.0. The lowest BCUT2D eigenvalue weighted by atomic mass is 9.97. The average molecular weight is 425 g/mol. The van der Waals surface area contributed by atoms with Crippen LogP contribution in [-0.2, 0) is 14.8 Å². The first-order chi connectivity index (χ1) is 11.3. The van der Waals surface area contributed by atoms with Crippen molar-refractivity contribution >= 4 is 46.4 Å². The molecule has 7 nitrogen and oxygen atoms in total. The highest BCUT2D eigenvalue weighted by molar-refractivity contribution is 7.89. The third-order valence-electron chi connectivity index (χ3n) is 5.02. The summed E-state index contributed by atoms with van der Waals surface area (Å²) in [5.74, 6) is 0.0734. The first-order valence-electron chi connectivity index (χ1n) is 8.26. The summed E-state index contributed by atoms with van der Waals surface area (Å²) in [6.45, 7) is 2.68. The van der Waals surface area contributed by atoms with Crippen molar-refractivity contribution in [2.75, 3.05) is 31.1 Å². The molecule has 2 fully saturated rings. The smallest absolute Gasteiger partial charge is 0.242 e. The minimum Gasteiger partial charge on any atom is -0.368 e. The quantitative estimate of drug-likeness (QED) is 0.754. The summed E-state index contributed by atoms with van der Waals surface area (Å²) in [4.78, 5) is 16.7. The second kappa shape index (κ2) is 8.75. The lowest BCUT2D eigenvalue weighted by molar-refractivity contribution is -0.137. The van der Waals surface area contributed by atoms with E-state index in [4.69, 9.17) is 10.9 Å². The van der Waals surface area contributed by atoms with Crippen LogP contribution in [0.1, 0.15) is 25.7 Å². The van der Waals surface area contributed by atoms with Crippen molar-refractivity contribution in [2.45, 2.75) is 36.1 Å². The lowest BCUT2D eigenvalue weighted by Crippen LogP contribution is -2.58. The van der Waals surface area contributed by atoms with Crippen LogP contribution in [0.4, 0.5) is 5.69 Å². The maximum Gasteiger partial charge on any atom is 0.242 e. The van der Waals surface area contributed by atoms with Gasteiger partial charge in [0.2, 0.25) is 15.9 Å². The number of hydrogen-bond acceptors (Lipinski definition) is 5. The van der Waals surface area contributed by atoms with Crippen LogP contribution in [-0.4, -0.2) is 50.9 Å². The van der Waals surface area contributed by atoms with Gasteiger partial charge in [-0.05, 0) is 37.1 Å². The van der Waals surface area contributed by atoms with Crippen molar-refractivity contribution in [3.63, 3.8) is 0 Å². The number of carbonyl (C=O) groups is 1. The number of carbonyl (C=O) groups excluding carboxylic acids is 1. The number of sulfonamides is 1. The zero-order valence-electron chi connectivity index (χ0n) is 14.5. The van der Waals surface area contributed by atoms with Gasteiger partial charge in [0, 0.05) is 31.9 Å². The molecule has 0 bridgehead atoms. The number of halogens is 2. The minimum atomic E-state index is -3.67. The molecular weight excluding hydrogens is 399 g/mol. The van der Waals surface area contributed by atoms with Crippen molar-refractivity contribution in [3.05, 3.63) is 24.3 Å². The van der Waals surface area contributed by atoms with Crippen LogP contribution in [0.3, 0.4) is 0 Å². The normalized spacial score (nSPS) is 19.5. The molecule has 148 valence electrons. The number of piperazine rings is 1. The van der Waals surface area contributed by atoms with E-state index in [1.54, 1.807) is 12.1 Å². The van der Waals surface area contributed by atoms with E-state index < -0.39 is 15.6 Å². The molecule has 0 radical (unpaired) electrons. The van der Waals surface area contributed by atoms with Gasteiger partial charge in [-0.25, -0.2) is 13.6 Å². The monoisotopic (exact) mass is 424 g/mol. The largest absolute Gasteiger partial charge is 0.368 e. The number of amides is 1. The van der Waals surface area contributed by atoms with Crippen LogP contribution in [0.15, 0.2) is 29.2 Å². The molecule has 1 saturated heterocycles. The molecule has 0 aromatic heterocycles. The highest BCUT2D eigenvalue weighted by atomic mass is 35.5. The molecule has 1 amide bonds. The number of benzene rings is 1. The molecule has 26 heavy (non-hydrogen) atoms. The molecule has 1 aliphatic heterocycles. The lowest BCUT2D eigenvalue weighted by Gasteiger charge is -2.39. The van der Waals surface area contributed by atoms with Crippen molar-refractivity contribution < 1.29 is 13.2 Å². The van der Waals surface area contributed by atoms with Gasteiger partial charge in [-0.15, -0.1) is 24.8 Å². The third kappa shape index (κ3) is 4.80. The fourth-order valence-corrected chi connectivity index (χ4v) is 4.06. The summed E-state index contributed by atoms with van der Waals surface area (Å²) in [5.41, 5.74) is 6.52. The van der Waals surface area contributed by atoms with Gasteiger partial charge in [0.1, 0.15) is 0 Å². The van der Waals surface area contributed by atoms with Crippen molar-refractivity contribution in [2.24, 2.45) is 10.9 Å². The fraction of sp³-hybridized carbons (Fsp3) is 0.562. The van der Waals surface area contributed by atoms with E-state index in [9.17, 15) is 13.2 Å². The highest BCUT2D eigenvalue weighted by Crippen LogP contribution is 2.29. The molecule has 1 aromatic carbocycles. The van der Waals surface area contributed by atoms with E-state index in [-0.39, 0.29) is 35.6 Å². The first-order valence-corrected chi connectivity index (χ1v) is 9.80. The van der Waals surface area contributed by atoms with Crippen LogP contribution < -0.4 is 15.8 Å². The highest BCUT2D eigenvalue weighted by Gasteiger charge is 2.40. The molecule has 3 rings (SSSR count). The van der Waals surface area contributed by atoms with Crippen LogP contribution in [0, 0.1) is 0 Å². The van der Waals surface area contributed by atoms with Gasteiger partial charge >= 0.3 is 0 Å². The zero-order chi connectivity index (χ0) is 17.4. The van der Waals surface area contributed by atoms with E-state index in [0.29, 0.717) is 26.2 Å². The van der Waals surface area contributed by atoms with Gasteiger partial charge in [0.15, 0.2) is 0 Å². The van der Waals surface area contributed by atoms with E-state index >= 15 is 0 Å². The molecule has 0 spiro atoms. The maximum absolute atomic E-state index is 12.6. The standard InChI is InChI=1S/C16H24N4O3S.2ClH/c17-16(7-1-2-8-16)15(21)20-11-9-19(10-12-20)13-3-5-14(6-4-13)24(18,22)23;;/h3-6H,1-2,7-12,17H2,(H2,18,22,23);2*1H. The Balaban J connectivity index is 0.00000169. The van der Waals surface area contributed by atoms with Crippen molar-refractivity contribution in [3.8, 4) is 0 Å². The Morgan fingerprint density at radius 1 is 0.962 bits per heavy atom. The van der Waals surface area contributed by atoms with E-state index in [1.807, 2.05) is 4.90 Å². The molecular formula is C16H26Cl2N4O3S. The summed E-state index contributed by atoms with van der Waals surface area (Å²) < 4.78 is 22.6. The van der Waals surface area contributed by atoms with Gasteiger partial charge in [-0.2, -0.15) is 0 Å². The Bertz CT molecular complexity index is 714. The van der Waals surface area contributed by atoms with E-state index in [0.717, 1.165) is 31.4 Å². The SMILES string of the molecule is Cl.Cl.NC1(C(=O)N2CCN(c3ccc(S(N)(=O)=O)cc3)CC2)CCCC1. The molecule has 10 heteroatoms. The third-order valence-corrected chi connectivity index (χ3v) is 5.95. The predicted molar refractivity (Wildman–Crippen MR) is 106 cm³/mol.